The van der Waals surface area contributed by atoms with Crippen LogP contribution in [0.1, 0.15) is 74.0 Å². The highest BCUT2D eigenvalue weighted by atomic mass is 35.5. The molecule has 1 aromatic heterocycles. The topological polar surface area (TPSA) is 150 Å². The number of alkyl halides is 2. The van der Waals surface area contributed by atoms with E-state index < -0.39 is 51.6 Å². The second-order valence-electron chi connectivity index (χ2n) is 13.9. The lowest BCUT2D eigenvalue weighted by atomic mass is 10.0. The lowest BCUT2D eigenvalue weighted by molar-refractivity contribution is -0.155. The molecule has 5 rings (SSSR count). The van der Waals surface area contributed by atoms with Crippen molar-refractivity contribution in [2.24, 2.45) is 5.92 Å². The minimum absolute atomic E-state index is 0.0177. The summed E-state index contributed by atoms with van der Waals surface area (Å²) in [6.45, 7) is 2.55. The molecule has 18 heteroatoms. The third-order valence-corrected chi connectivity index (χ3v) is 12.2. The van der Waals surface area contributed by atoms with Crippen molar-refractivity contribution in [2.45, 2.75) is 81.5 Å². The molecular formula is C37H41Cl2F2N3O9S2. The summed E-state index contributed by atoms with van der Waals surface area (Å²) in [6.07, 6.45) is 3.80. The van der Waals surface area contributed by atoms with Crippen LogP contribution in [-0.4, -0.2) is 78.6 Å². The molecule has 55 heavy (non-hydrogen) atoms. The summed E-state index contributed by atoms with van der Waals surface area (Å²) in [5.41, 5.74) is 0.144. The predicted octanol–water partition coefficient (Wildman–Crippen LogP) is 7.22. The average Bonchev–Trinajstić information content (AvgIpc) is 3.81. The molecule has 2 heterocycles. The highest BCUT2D eigenvalue weighted by Gasteiger charge is 2.42. The van der Waals surface area contributed by atoms with Crippen LogP contribution in [0.4, 0.5) is 8.78 Å². The van der Waals surface area contributed by atoms with Crippen LogP contribution in [0.25, 0.3) is 0 Å². The van der Waals surface area contributed by atoms with E-state index in [1.807, 2.05) is 0 Å². The number of benzene rings is 2. The summed E-state index contributed by atoms with van der Waals surface area (Å²) in [5, 5.41) is 1.73. The lowest BCUT2D eigenvalue weighted by Crippen LogP contribution is -2.40. The zero-order valence-corrected chi connectivity index (χ0v) is 33.4. The number of thioether (sulfide) groups is 1. The van der Waals surface area contributed by atoms with Crippen molar-refractivity contribution in [3.63, 3.8) is 0 Å². The number of halogens is 4. The molecule has 2 aromatic carbocycles. The van der Waals surface area contributed by atoms with Gasteiger partial charge in [-0.25, -0.2) is 13.2 Å². The van der Waals surface area contributed by atoms with Crippen LogP contribution in [0.2, 0.25) is 10.0 Å². The highest BCUT2D eigenvalue weighted by Crippen LogP contribution is 2.39. The van der Waals surface area contributed by atoms with E-state index in [1.54, 1.807) is 20.8 Å². The minimum atomic E-state index is -4.34. The molecule has 2 atom stereocenters. The van der Waals surface area contributed by atoms with Crippen LogP contribution in [0.15, 0.2) is 59.8 Å². The van der Waals surface area contributed by atoms with Crippen LogP contribution >= 0.6 is 35.0 Å². The molecule has 12 nitrogen and oxygen atoms in total. The number of hydrogen-bond acceptors (Lipinski definition) is 11. The van der Waals surface area contributed by atoms with Gasteiger partial charge in [0, 0.05) is 49.6 Å². The Labute approximate surface area is 332 Å². The largest absolute Gasteiger partial charge is 0.489 e. The predicted molar refractivity (Wildman–Crippen MR) is 202 cm³/mol. The molecule has 0 radical (unpaired) electrons. The number of pyridine rings is 1. The average molecular weight is 845 g/mol. The first-order valence-electron chi connectivity index (χ1n) is 17.5. The van der Waals surface area contributed by atoms with E-state index in [4.69, 9.17) is 37.4 Å². The summed E-state index contributed by atoms with van der Waals surface area (Å²) in [5.74, 6) is -1.48. The standard InChI is InChI=1S/C37H41Cl2F2N3O9S2/c1-37(2,3)53-32(45)8-5-13-43-33(46)24-6-4-7-25(16-24)55(48,49)44-14-15-54-34(44)35(47)51-30(18-26-27(38)19-42-20-28(26)39)23-11-12-29(52-36(40)41)31(17-23)50-21-22-9-10-22/h4,6-7,11-12,16-17,19-20,22,30,34,36H,5,8-10,13-15,18,21H2,1-3H3,(H,43,46)/t30-,34-/m0/s1. The Morgan fingerprint density at radius 2 is 1.78 bits per heavy atom. The van der Waals surface area contributed by atoms with E-state index in [0.717, 1.165) is 28.9 Å². The number of carbonyl (C=O) groups is 3. The molecule has 298 valence electrons. The van der Waals surface area contributed by atoms with Crippen LogP contribution < -0.4 is 14.8 Å². The summed E-state index contributed by atoms with van der Waals surface area (Å²) in [6, 6.07) is 9.56. The van der Waals surface area contributed by atoms with Gasteiger partial charge in [0.25, 0.3) is 5.91 Å². The van der Waals surface area contributed by atoms with Crippen molar-refractivity contribution in [2.75, 3.05) is 25.4 Å². The van der Waals surface area contributed by atoms with Gasteiger partial charge in [-0.15, -0.1) is 11.8 Å². The Kier molecular flexibility index (Phi) is 14.3. The van der Waals surface area contributed by atoms with E-state index in [-0.39, 0.29) is 76.2 Å². The van der Waals surface area contributed by atoms with Crippen molar-refractivity contribution in [1.82, 2.24) is 14.6 Å². The van der Waals surface area contributed by atoms with Gasteiger partial charge in [-0.1, -0.05) is 35.3 Å². The maximum Gasteiger partial charge on any atom is 0.387 e. The number of rotatable bonds is 17. The second kappa shape index (κ2) is 18.5. The quantitative estimate of drug-likeness (QED) is 0.108. The Hall–Kier alpha value is -3.70. The number of hydrogen-bond donors (Lipinski definition) is 1. The van der Waals surface area contributed by atoms with Gasteiger partial charge in [-0.3, -0.25) is 14.6 Å². The number of carbonyl (C=O) groups excluding carboxylic acids is 3. The van der Waals surface area contributed by atoms with Crippen LogP contribution in [-0.2, 0) is 35.5 Å². The van der Waals surface area contributed by atoms with Crippen molar-refractivity contribution in [1.29, 1.82) is 0 Å². The first kappa shape index (κ1) is 42.4. The molecule has 2 fully saturated rings. The summed E-state index contributed by atoms with van der Waals surface area (Å²) in [7, 11) is -4.34. The van der Waals surface area contributed by atoms with Gasteiger partial charge in [-0.05, 0) is 87.4 Å². The molecule has 1 saturated heterocycles. The lowest BCUT2D eigenvalue weighted by Gasteiger charge is -2.26. The SMILES string of the molecule is CC(C)(C)OC(=O)CCCNC(=O)c1cccc(S(=O)(=O)N2CCS[C@H]2C(=O)O[C@@H](Cc2c(Cl)cncc2Cl)c2ccc(OC(F)F)c(OCC3CC3)c2)c1. The molecule has 0 spiro atoms. The summed E-state index contributed by atoms with van der Waals surface area (Å²) >= 11 is 13.9. The van der Waals surface area contributed by atoms with Gasteiger partial charge in [0.2, 0.25) is 10.0 Å². The molecular weight excluding hydrogens is 803 g/mol. The normalized spacial score (nSPS) is 16.8. The number of aromatic nitrogens is 1. The number of amides is 1. The van der Waals surface area contributed by atoms with E-state index in [2.05, 4.69) is 15.0 Å². The molecule has 0 unspecified atom stereocenters. The Balaban J connectivity index is 1.34. The van der Waals surface area contributed by atoms with Gasteiger partial charge in [-0.2, -0.15) is 13.1 Å². The molecule has 1 amide bonds. The second-order valence-corrected chi connectivity index (χ2v) is 17.8. The van der Waals surface area contributed by atoms with Crippen LogP contribution in [0.3, 0.4) is 0 Å². The maximum atomic E-state index is 14.0. The van der Waals surface area contributed by atoms with Crippen molar-refractivity contribution in [3.05, 3.63) is 81.6 Å². The molecule has 0 bridgehead atoms. The third kappa shape index (κ3) is 11.9. The van der Waals surface area contributed by atoms with Crippen molar-refractivity contribution in [3.8, 4) is 11.5 Å². The van der Waals surface area contributed by atoms with Crippen molar-refractivity contribution < 1.29 is 50.5 Å². The highest BCUT2D eigenvalue weighted by molar-refractivity contribution is 8.02. The van der Waals surface area contributed by atoms with Gasteiger partial charge in [0.05, 0.1) is 21.5 Å². The van der Waals surface area contributed by atoms with Crippen LogP contribution in [0.5, 0.6) is 11.5 Å². The number of nitrogens with one attached hydrogen (secondary N) is 1. The molecule has 3 aromatic rings. The molecule has 1 saturated carbocycles. The van der Waals surface area contributed by atoms with E-state index in [0.29, 0.717) is 17.5 Å². The first-order valence-corrected chi connectivity index (χ1v) is 20.7. The zero-order chi connectivity index (χ0) is 39.9. The molecule has 1 aliphatic carbocycles. The molecule has 1 aliphatic heterocycles. The molecule has 1 N–H and O–H groups in total. The summed E-state index contributed by atoms with van der Waals surface area (Å²) < 4.78 is 77.4. The van der Waals surface area contributed by atoms with Gasteiger partial charge >= 0.3 is 18.6 Å². The summed E-state index contributed by atoms with van der Waals surface area (Å²) in [4.78, 5) is 42.6. The fourth-order valence-electron chi connectivity index (χ4n) is 5.52. The number of ether oxygens (including phenoxy) is 4. The Bertz CT molecular complexity index is 1960. The Morgan fingerprint density at radius 1 is 1.05 bits per heavy atom. The fraction of sp³-hybridized carbons (Fsp3) is 0.459. The van der Waals surface area contributed by atoms with Gasteiger partial charge in [0.1, 0.15) is 11.7 Å². The van der Waals surface area contributed by atoms with Gasteiger partial charge in [0.15, 0.2) is 16.9 Å². The first-order chi connectivity index (χ1) is 26.0. The zero-order valence-electron chi connectivity index (χ0n) is 30.3. The van der Waals surface area contributed by atoms with E-state index >= 15 is 0 Å². The minimum Gasteiger partial charge on any atom is -0.489 e. The fourth-order valence-corrected chi connectivity index (χ4v) is 9.13. The number of esters is 2. The Morgan fingerprint density at radius 3 is 2.45 bits per heavy atom. The smallest absolute Gasteiger partial charge is 0.387 e. The number of sulfonamides is 1. The third-order valence-electron chi connectivity index (χ3n) is 8.34. The monoisotopic (exact) mass is 843 g/mol. The van der Waals surface area contributed by atoms with Crippen molar-refractivity contribution >= 4 is 62.8 Å². The van der Waals surface area contributed by atoms with Gasteiger partial charge < -0.3 is 24.3 Å². The number of nitrogens with zero attached hydrogens (tertiary/aromatic N) is 2. The van der Waals surface area contributed by atoms with E-state index in [9.17, 15) is 31.6 Å². The van der Waals surface area contributed by atoms with Crippen LogP contribution in [0, 0.1) is 5.92 Å². The maximum absolute atomic E-state index is 14.0. The molecule has 2 aliphatic rings. The van der Waals surface area contributed by atoms with E-state index in [1.165, 1.54) is 54.9 Å².